The molecule has 0 saturated heterocycles. The van der Waals surface area contributed by atoms with Gasteiger partial charge in [0, 0.05) is 17.3 Å². The number of carboxylic acids is 1. The van der Waals surface area contributed by atoms with E-state index in [9.17, 15) is 19.5 Å². The van der Waals surface area contributed by atoms with Crippen molar-refractivity contribution in [1.82, 2.24) is 15.6 Å². The van der Waals surface area contributed by atoms with E-state index in [-0.39, 0.29) is 12.8 Å². The molecule has 4 rings (SSSR count). The van der Waals surface area contributed by atoms with Gasteiger partial charge in [0.1, 0.15) is 11.7 Å². The number of aromatic amines is 1. The number of rotatable bonds is 9. The van der Waals surface area contributed by atoms with Gasteiger partial charge >= 0.3 is 5.97 Å². The molecule has 7 heteroatoms. The van der Waals surface area contributed by atoms with Gasteiger partial charge in [-0.1, -0.05) is 77.9 Å². The molecule has 0 radical (unpaired) electrons. The monoisotopic (exact) mass is 483 g/mol. The molecule has 0 aliphatic heterocycles. The lowest BCUT2D eigenvalue weighted by Gasteiger charge is -2.24. The molecule has 7 nitrogen and oxygen atoms in total. The Morgan fingerprint density at radius 2 is 1.42 bits per heavy atom. The van der Waals surface area contributed by atoms with Gasteiger partial charge in [-0.3, -0.25) is 14.4 Å². The van der Waals surface area contributed by atoms with E-state index >= 15 is 0 Å². The lowest BCUT2D eigenvalue weighted by molar-refractivity contribution is -0.137. The van der Waals surface area contributed by atoms with Gasteiger partial charge in [0.15, 0.2) is 0 Å². The third-order valence-electron chi connectivity index (χ3n) is 6.15. The fourth-order valence-electron chi connectivity index (χ4n) is 4.09. The molecule has 1 atom stereocenters. The van der Waals surface area contributed by atoms with Crippen LogP contribution in [0.1, 0.15) is 51.6 Å². The quantitative estimate of drug-likeness (QED) is 0.278. The standard InChI is InChI=1S/C29H29N3O4/c1-18-7-11-20(12-8-18)27(21-13-9-19(2)10-14-21)32-28(35)24(15-16-26(33)34)31-29(36)25-17-22-5-3-4-6-23(22)30-25/h3-14,17,24,27,30H,15-16H2,1-2H3,(H,31,36)(H,32,35)(H,33,34). The molecule has 0 aliphatic carbocycles. The number of amides is 2. The molecular weight excluding hydrogens is 454 g/mol. The largest absolute Gasteiger partial charge is 0.481 e. The number of fused-ring (bicyclic) bond motifs is 1. The van der Waals surface area contributed by atoms with E-state index in [1.807, 2.05) is 86.6 Å². The average molecular weight is 484 g/mol. The van der Waals surface area contributed by atoms with Crippen LogP contribution in [0.2, 0.25) is 0 Å². The summed E-state index contributed by atoms with van der Waals surface area (Å²) in [4.78, 5) is 40.8. The SMILES string of the molecule is Cc1ccc(C(NC(=O)C(CCC(=O)O)NC(=O)c2cc3ccccc3[nH]2)c2ccc(C)cc2)cc1. The Morgan fingerprint density at radius 3 is 1.97 bits per heavy atom. The van der Waals surface area contributed by atoms with Crippen molar-refractivity contribution in [2.24, 2.45) is 0 Å². The van der Waals surface area contributed by atoms with E-state index in [0.717, 1.165) is 33.2 Å². The van der Waals surface area contributed by atoms with Crippen LogP contribution in [0.4, 0.5) is 0 Å². The zero-order chi connectivity index (χ0) is 25.7. The molecular formula is C29H29N3O4. The summed E-state index contributed by atoms with van der Waals surface area (Å²) in [5.41, 5.74) is 5.06. The summed E-state index contributed by atoms with van der Waals surface area (Å²) >= 11 is 0. The van der Waals surface area contributed by atoms with Crippen molar-refractivity contribution in [3.8, 4) is 0 Å². The van der Waals surface area contributed by atoms with Crippen molar-refractivity contribution in [1.29, 1.82) is 0 Å². The number of H-pyrrole nitrogens is 1. The molecule has 0 aliphatic rings. The first-order valence-electron chi connectivity index (χ1n) is 11.8. The number of carbonyl (C=O) groups is 3. The summed E-state index contributed by atoms with van der Waals surface area (Å²) in [5.74, 6) is -1.97. The minimum absolute atomic E-state index is 0.0400. The third-order valence-corrected chi connectivity index (χ3v) is 6.15. The zero-order valence-corrected chi connectivity index (χ0v) is 20.2. The molecule has 36 heavy (non-hydrogen) atoms. The van der Waals surface area contributed by atoms with Gasteiger partial charge < -0.3 is 20.7 Å². The molecule has 2 amide bonds. The first-order chi connectivity index (χ1) is 17.3. The molecule has 0 saturated carbocycles. The zero-order valence-electron chi connectivity index (χ0n) is 20.2. The van der Waals surface area contributed by atoms with Crippen LogP contribution in [0.3, 0.4) is 0 Å². The Balaban J connectivity index is 1.59. The number of nitrogens with one attached hydrogen (secondary N) is 3. The highest BCUT2D eigenvalue weighted by atomic mass is 16.4. The second-order valence-electron chi connectivity index (χ2n) is 8.99. The first-order valence-corrected chi connectivity index (χ1v) is 11.8. The van der Waals surface area contributed by atoms with Gasteiger partial charge in [0.05, 0.1) is 6.04 Å². The minimum atomic E-state index is -1.04. The Hall–Kier alpha value is -4.39. The van der Waals surface area contributed by atoms with Crippen molar-refractivity contribution in [3.63, 3.8) is 0 Å². The molecule has 4 N–H and O–H groups in total. The van der Waals surface area contributed by atoms with Gasteiger partial charge in [0.25, 0.3) is 5.91 Å². The molecule has 3 aromatic carbocycles. The van der Waals surface area contributed by atoms with E-state index in [2.05, 4.69) is 15.6 Å². The molecule has 4 aromatic rings. The highest BCUT2D eigenvalue weighted by Crippen LogP contribution is 2.24. The van der Waals surface area contributed by atoms with Crippen LogP contribution < -0.4 is 10.6 Å². The van der Waals surface area contributed by atoms with Crippen molar-refractivity contribution in [2.75, 3.05) is 0 Å². The van der Waals surface area contributed by atoms with Crippen LogP contribution in [0.5, 0.6) is 0 Å². The molecule has 0 spiro atoms. The van der Waals surface area contributed by atoms with Crippen LogP contribution in [0, 0.1) is 13.8 Å². The van der Waals surface area contributed by atoms with Crippen LogP contribution in [0.15, 0.2) is 78.9 Å². The Labute approximate surface area is 209 Å². The van der Waals surface area contributed by atoms with Crippen molar-refractivity contribution < 1.29 is 19.5 Å². The Morgan fingerprint density at radius 1 is 0.833 bits per heavy atom. The van der Waals surface area contributed by atoms with Gasteiger partial charge in [-0.25, -0.2) is 0 Å². The maximum Gasteiger partial charge on any atom is 0.303 e. The normalized spacial score (nSPS) is 11.9. The number of hydrogen-bond donors (Lipinski definition) is 4. The predicted molar refractivity (Wildman–Crippen MR) is 139 cm³/mol. The lowest BCUT2D eigenvalue weighted by atomic mass is 9.96. The number of aryl methyl sites for hydroxylation is 2. The number of carbonyl (C=O) groups excluding carboxylic acids is 2. The number of aromatic nitrogens is 1. The second kappa shape index (κ2) is 10.9. The second-order valence-corrected chi connectivity index (χ2v) is 8.99. The molecule has 0 fully saturated rings. The number of aliphatic carboxylic acids is 1. The van der Waals surface area contributed by atoms with E-state index in [0.29, 0.717) is 5.69 Å². The summed E-state index contributed by atoms with van der Waals surface area (Å²) in [7, 11) is 0. The predicted octanol–water partition coefficient (Wildman–Crippen LogP) is 4.65. The van der Waals surface area contributed by atoms with Crippen molar-refractivity contribution >= 4 is 28.7 Å². The van der Waals surface area contributed by atoms with Crippen LogP contribution in [-0.4, -0.2) is 33.9 Å². The van der Waals surface area contributed by atoms with Crippen LogP contribution in [-0.2, 0) is 9.59 Å². The third kappa shape index (κ3) is 5.99. The van der Waals surface area contributed by atoms with E-state index in [4.69, 9.17) is 0 Å². The summed E-state index contributed by atoms with van der Waals surface area (Å²) in [6, 6.07) is 23.4. The van der Waals surface area contributed by atoms with E-state index in [1.54, 1.807) is 6.07 Å². The molecule has 1 aromatic heterocycles. The fourth-order valence-corrected chi connectivity index (χ4v) is 4.09. The Bertz CT molecular complexity index is 1300. The number of para-hydroxylation sites is 1. The van der Waals surface area contributed by atoms with E-state index < -0.39 is 29.9 Å². The molecule has 1 unspecified atom stereocenters. The van der Waals surface area contributed by atoms with Gasteiger partial charge in [-0.15, -0.1) is 0 Å². The highest BCUT2D eigenvalue weighted by Gasteiger charge is 2.26. The molecule has 1 heterocycles. The van der Waals surface area contributed by atoms with Gasteiger partial charge in [0.2, 0.25) is 5.91 Å². The molecule has 0 bridgehead atoms. The smallest absolute Gasteiger partial charge is 0.303 e. The van der Waals surface area contributed by atoms with Crippen LogP contribution >= 0.6 is 0 Å². The topological polar surface area (TPSA) is 111 Å². The average Bonchev–Trinajstić information content (AvgIpc) is 3.30. The lowest BCUT2D eigenvalue weighted by Crippen LogP contribution is -2.48. The van der Waals surface area contributed by atoms with Crippen molar-refractivity contribution in [3.05, 3.63) is 107 Å². The maximum absolute atomic E-state index is 13.5. The van der Waals surface area contributed by atoms with E-state index in [1.165, 1.54) is 0 Å². The number of hydrogen-bond acceptors (Lipinski definition) is 3. The van der Waals surface area contributed by atoms with Gasteiger partial charge in [-0.05, 0) is 43.5 Å². The number of benzene rings is 3. The summed E-state index contributed by atoms with van der Waals surface area (Å²) in [5, 5.41) is 15.9. The first kappa shape index (κ1) is 24.7. The van der Waals surface area contributed by atoms with Crippen LogP contribution in [0.25, 0.3) is 10.9 Å². The number of carboxylic acid groups (broad SMARTS) is 1. The molecule has 184 valence electrons. The highest BCUT2D eigenvalue weighted by molar-refractivity contribution is 6.00. The maximum atomic E-state index is 13.5. The Kier molecular flexibility index (Phi) is 7.49. The fraction of sp³-hybridized carbons (Fsp3) is 0.207. The van der Waals surface area contributed by atoms with Gasteiger partial charge in [-0.2, -0.15) is 0 Å². The summed E-state index contributed by atoms with van der Waals surface area (Å²) < 4.78 is 0. The summed E-state index contributed by atoms with van der Waals surface area (Å²) in [6.07, 6.45) is -0.299. The minimum Gasteiger partial charge on any atom is -0.481 e. The summed E-state index contributed by atoms with van der Waals surface area (Å²) in [6.45, 7) is 3.98. The van der Waals surface area contributed by atoms with Crippen molar-refractivity contribution in [2.45, 2.75) is 38.8 Å².